The van der Waals surface area contributed by atoms with Crippen molar-refractivity contribution in [3.8, 4) is 5.75 Å². The highest BCUT2D eigenvalue weighted by molar-refractivity contribution is 8.01. The number of benzene rings is 1. The summed E-state index contributed by atoms with van der Waals surface area (Å²) in [6, 6.07) is 6.49. The van der Waals surface area contributed by atoms with E-state index in [0.717, 1.165) is 23.2 Å². The summed E-state index contributed by atoms with van der Waals surface area (Å²) >= 11 is 3.82. The molecule has 106 valence electrons. The Bertz CT molecular complexity index is 635. The molecule has 2 aromatic rings. The van der Waals surface area contributed by atoms with Gasteiger partial charge in [0.15, 0.2) is 0 Å². The third kappa shape index (κ3) is 2.54. The van der Waals surface area contributed by atoms with Gasteiger partial charge in [-0.1, -0.05) is 6.92 Å². The molecule has 2 atom stereocenters. The first-order valence-electron chi connectivity index (χ1n) is 6.85. The Kier molecular flexibility index (Phi) is 3.69. The smallest absolute Gasteiger partial charge is 0.118 e. The molecule has 2 nitrogen and oxygen atoms in total. The maximum Gasteiger partial charge on any atom is 0.118 e. The summed E-state index contributed by atoms with van der Waals surface area (Å²) in [6.07, 6.45) is 1.13. The summed E-state index contributed by atoms with van der Waals surface area (Å²) in [5.41, 5.74) is 4.56. The molecule has 4 heteroatoms. The molecule has 0 fully saturated rings. The molecule has 0 aliphatic carbocycles. The summed E-state index contributed by atoms with van der Waals surface area (Å²) in [4.78, 5) is 0. The fourth-order valence-electron chi connectivity index (χ4n) is 2.63. The first-order valence-corrected chi connectivity index (χ1v) is 8.61. The minimum Gasteiger partial charge on any atom is -0.508 e. The molecule has 0 spiro atoms. The summed E-state index contributed by atoms with van der Waals surface area (Å²) in [6.45, 7) is 6.27. The van der Waals surface area contributed by atoms with Crippen molar-refractivity contribution >= 4 is 28.8 Å². The van der Waals surface area contributed by atoms with Crippen LogP contribution in [-0.4, -0.2) is 10.4 Å². The molecule has 3 rings (SSSR count). The minimum atomic E-state index is 0.371. The summed E-state index contributed by atoms with van der Waals surface area (Å²) < 4.78 is 1.44. The quantitative estimate of drug-likeness (QED) is 0.756. The van der Waals surface area contributed by atoms with E-state index < -0.39 is 0 Å². The zero-order valence-electron chi connectivity index (χ0n) is 11.9. The molecule has 1 aliphatic heterocycles. The van der Waals surface area contributed by atoms with E-state index in [4.69, 9.17) is 0 Å². The van der Waals surface area contributed by atoms with Gasteiger partial charge in [0.2, 0.25) is 0 Å². The predicted octanol–water partition coefficient (Wildman–Crippen LogP) is 5.11. The molecule has 0 bridgehead atoms. The van der Waals surface area contributed by atoms with Crippen molar-refractivity contribution in [2.24, 2.45) is 0 Å². The van der Waals surface area contributed by atoms with Crippen LogP contribution in [0, 0.1) is 13.8 Å². The average Bonchev–Trinajstić information content (AvgIpc) is 2.84. The second-order valence-corrected chi connectivity index (χ2v) is 8.10. The lowest BCUT2D eigenvalue weighted by Gasteiger charge is -2.29. The fraction of sp³-hybridized carbons (Fsp3) is 0.375. The SMILES string of the molecule is Cc1cc(NC2C[C@H](C)Sc3sccc32)c(C)cc1O. The third-order valence-electron chi connectivity index (χ3n) is 3.78. The molecule has 1 aromatic carbocycles. The predicted molar refractivity (Wildman–Crippen MR) is 88.2 cm³/mol. The zero-order valence-corrected chi connectivity index (χ0v) is 13.6. The van der Waals surface area contributed by atoms with Gasteiger partial charge in [0.05, 0.1) is 10.3 Å². The number of hydrogen-bond acceptors (Lipinski definition) is 4. The average molecular weight is 305 g/mol. The van der Waals surface area contributed by atoms with E-state index in [2.05, 4.69) is 23.7 Å². The Morgan fingerprint density at radius 2 is 2.05 bits per heavy atom. The van der Waals surface area contributed by atoms with Gasteiger partial charge in [-0.3, -0.25) is 0 Å². The number of thioether (sulfide) groups is 1. The van der Waals surface area contributed by atoms with Crippen LogP contribution in [0.2, 0.25) is 0 Å². The highest BCUT2D eigenvalue weighted by atomic mass is 32.2. The van der Waals surface area contributed by atoms with E-state index in [0.29, 0.717) is 17.0 Å². The van der Waals surface area contributed by atoms with Crippen LogP contribution in [0.15, 0.2) is 27.8 Å². The van der Waals surface area contributed by atoms with Crippen LogP contribution in [-0.2, 0) is 0 Å². The lowest BCUT2D eigenvalue weighted by molar-refractivity contribution is 0.470. The van der Waals surface area contributed by atoms with Crippen molar-refractivity contribution < 1.29 is 5.11 Å². The zero-order chi connectivity index (χ0) is 14.3. The Morgan fingerprint density at radius 3 is 2.85 bits per heavy atom. The monoisotopic (exact) mass is 305 g/mol. The Balaban J connectivity index is 1.91. The number of hydrogen-bond donors (Lipinski definition) is 2. The van der Waals surface area contributed by atoms with Crippen LogP contribution in [0.5, 0.6) is 5.75 Å². The number of thiophene rings is 1. The maximum absolute atomic E-state index is 9.77. The van der Waals surface area contributed by atoms with Gasteiger partial charge in [0.25, 0.3) is 0 Å². The third-order valence-corrected chi connectivity index (χ3v) is 6.13. The van der Waals surface area contributed by atoms with E-state index in [1.54, 1.807) is 0 Å². The van der Waals surface area contributed by atoms with Gasteiger partial charge < -0.3 is 10.4 Å². The Morgan fingerprint density at radius 1 is 1.25 bits per heavy atom. The van der Waals surface area contributed by atoms with Gasteiger partial charge in [0.1, 0.15) is 5.75 Å². The molecule has 0 radical (unpaired) electrons. The summed E-state index contributed by atoms with van der Waals surface area (Å²) in [7, 11) is 0. The first-order chi connectivity index (χ1) is 9.54. The summed E-state index contributed by atoms with van der Waals surface area (Å²) in [5, 5.41) is 16.3. The second kappa shape index (κ2) is 5.34. The van der Waals surface area contributed by atoms with E-state index in [1.165, 1.54) is 9.77 Å². The Labute approximate surface area is 128 Å². The number of aromatic hydroxyl groups is 1. The van der Waals surface area contributed by atoms with Crippen LogP contribution < -0.4 is 5.32 Å². The van der Waals surface area contributed by atoms with Gasteiger partial charge in [-0.05, 0) is 60.5 Å². The van der Waals surface area contributed by atoms with Crippen molar-refractivity contribution in [2.75, 3.05) is 5.32 Å². The lowest BCUT2D eigenvalue weighted by Crippen LogP contribution is -2.19. The second-order valence-electron chi connectivity index (χ2n) is 5.48. The molecule has 1 aromatic heterocycles. The summed E-state index contributed by atoms with van der Waals surface area (Å²) in [5.74, 6) is 0.372. The van der Waals surface area contributed by atoms with Crippen molar-refractivity contribution in [2.45, 2.75) is 42.7 Å². The number of phenolic OH excluding ortho intramolecular Hbond substituents is 1. The van der Waals surface area contributed by atoms with Crippen molar-refractivity contribution in [1.29, 1.82) is 0 Å². The normalized spacial score (nSPS) is 21.6. The van der Waals surface area contributed by atoms with E-state index in [1.807, 2.05) is 49.1 Å². The van der Waals surface area contributed by atoms with E-state index >= 15 is 0 Å². The Hall–Kier alpha value is -1.13. The van der Waals surface area contributed by atoms with Gasteiger partial charge in [0, 0.05) is 10.9 Å². The van der Waals surface area contributed by atoms with Crippen molar-refractivity contribution in [3.05, 3.63) is 40.3 Å². The standard InChI is InChI=1S/C16H19NOS2/c1-9-7-15(18)10(2)6-13(9)17-14-8-11(3)20-16-12(14)4-5-19-16/h4-7,11,14,17-18H,8H2,1-3H3/t11-,14?/m0/s1. The van der Waals surface area contributed by atoms with Crippen LogP contribution in [0.4, 0.5) is 5.69 Å². The number of anilines is 1. The van der Waals surface area contributed by atoms with Crippen LogP contribution in [0.1, 0.15) is 36.1 Å². The molecule has 20 heavy (non-hydrogen) atoms. The number of phenols is 1. The maximum atomic E-state index is 9.77. The van der Waals surface area contributed by atoms with E-state index in [9.17, 15) is 5.11 Å². The van der Waals surface area contributed by atoms with Crippen LogP contribution in [0.25, 0.3) is 0 Å². The van der Waals surface area contributed by atoms with Crippen molar-refractivity contribution in [3.63, 3.8) is 0 Å². The molecule has 0 saturated carbocycles. The molecule has 1 aliphatic rings. The number of aryl methyl sites for hydroxylation is 2. The number of fused-ring (bicyclic) bond motifs is 1. The van der Waals surface area contributed by atoms with Gasteiger partial charge >= 0.3 is 0 Å². The van der Waals surface area contributed by atoms with Crippen LogP contribution >= 0.6 is 23.1 Å². The molecular formula is C16H19NOS2. The molecule has 2 heterocycles. The highest BCUT2D eigenvalue weighted by Crippen LogP contribution is 2.45. The van der Waals surface area contributed by atoms with Gasteiger partial charge in [-0.2, -0.15) is 0 Å². The molecule has 0 saturated heterocycles. The number of rotatable bonds is 2. The topological polar surface area (TPSA) is 32.3 Å². The fourth-order valence-corrected chi connectivity index (χ4v) is 5.20. The highest BCUT2D eigenvalue weighted by Gasteiger charge is 2.26. The molecule has 1 unspecified atom stereocenters. The molecule has 2 N–H and O–H groups in total. The molecule has 0 amide bonds. The lowest BCUT2D eigenvalue weighted by atomic mass is 10.0. The van der Waals surface area contributed by atoms with Gasteiger partial charge in [-0.15, -0.1) is 23.1 Å². The first kappa shape index (κ1) is 13.8. The van der Waals surface area contributed by atoms with E-state index in [-0.39, 0.29) is 0 Å². The minimum absolute atomic E-state index is 0.371. The largest absolute Gasteiger partial charge is 0.508 e. The van der Waals surface area contributed by atoms with Crippen molar-refractivity contribution in [1.82, 2.24) is 0 Å². The number of nitrogens with one attached hydrogen (secondary N) is 1. The molecular weight excluding hydrogens is 286 g/mol. The van der Waals surface area contributed by atoms with Crippen LogP contribution in [0.3, 0.4) is 0 Å². The van der Waals surface area contributed by atoms with Gasteiger partial charge in [-0.25, -0.2) is 0 Å².